The van der Waals surface area contributed by atoms with E-state index < -0.39 is 5.82 Å². The lowest BCUT2D eigenvalue weighted by atomic mass is 10.3. The monoisotopic (exact) mass is 210 g/mol. The molecule has 0 unspecified atom stereocenters. The minimum Gasteiger partial charge on any atom is -0.294 e. The minimum absolute atomic E-state index is 0.102. The molecule has 3 nitrogen and oxygen atoms in total. The third kappa shape index (κ3) is 2.75. The molecule has 1 amide bonds. The van der Waals surface area contributed by atoms with Crippen LogP contribution < -0.4 is 4.90 Å². The van der Waals surface area contributed by atoms with Crippen molar-refractivity contribution in [3.05, 3.63) is 24.1 Å². The van der Waals surface area contributed by atoms with Crippen molar-refractivity contribution < 1.29 is 9.18 Å². The van der Waals surface area contributed by atoms with Gasteiger partial charge in [-0.3, -0.25) is 9.69 Å². The van der Waals surface area contributed by atoms with Crippen molar-refractivity contribution in [3.63, 3.8) is 0 Å². The SMILES string of the molecule is CCCN(C(=O)CC)c1ncccc1F. The van der Waals surface area contributed by atoms with E-state index in [9.17, 15) is 9.18 Å². The summed E-state index contributed by atoms with van der Waals surface area (Å²) in [5, 5.41) is 0. The molecule has 1 rings (SSSR count). The highest BCUT2D eigenvalue weighted by Crippen LogP contribution is 2.16. The van der Waals surface area contributed by atoms with Crippen LogP contribution in [0.4, 0.5) is 10.2 Å². The molecule has 1 heterocycles. The number of carbonyl (C=O) groups excluding carboxylic acids is 1. The van der Waals surface area contributed by atoms with Crippen LogP contribution in [0.15, 0.2) is 18.3 Å². The van der Waals surface area contributed by atoms with Crippen LogP contribution in [0.25, 0.3) is 0 Å². The second kappa shape index (κ2) is 5.44. The number of rotatable bonds is 4. The fraction of sp³-hybridized carbons (Fsp3) is 0.455. The van der Waals surface area contributed by atoms with Crippen LogP contribution in [0, 0.1) is 5.82 Å². The number of amides is 1. The molecular formula is C11H15FN2O. The van der Waals surface area contributed by atoms with Gasteiger partial charge in [-0.05, 0) is 18.6 Å². The van der Waals surface area contributed by atoms with Crippen LogP contribution in [-0.2, 0) is 4.79 Å². The topological polar surface area (TPSA) is 33.2 Å². The van der Waals surface area contributed by atoms with Gasteiger partial charge in [0.2, 0.25) is 5.91 Å². The molecule has 1 aromatic rings. The molecule has 82 valence electrons. The fourth-order valence-electron chi connectivity index (χ4n) is 1.34. The minimum atomic E-state index is -0.451. The summed E-state index contributed by atoms with van der Waals surface area (Å²) in [5.74, 6) is -0.423. The van der Waals surface area contributed by atoms with Gasteiger partial charge in [0, 0.05) is 19.2 Å². The Kier molecular flexibility index (Phi) is 4.21. The molecule has 0 aliphatic carbocycles. The molecule has 0 saturated carbocycles. The molecule has 4 heteroatoms. The van der Waals surface area contributed by atoms with Gasteiger partial charge in [-0.15, -0.1) is 0 Å². The average Bonchev–Trinajstić information content (AvgIpc) is 2.26. The Morgan fingerprint density at radius 3 is 2.80 bits per heavy atom. The van der Waals surface area contributed by atoms with E-state index in [-0.39, 0.29) is 11.7 Å². The van der Waals surface area contributed by atoms with Crippen molar-refractivity contribution in [2.75, 3.05) is 11.4 Å². The standard InChI is InChI=1S/C11H15FN2O/c1-3-8-14(10(15)4-2)11-9(12)6-5-7-13-11/h5-7H,3-4,8H2,1-2H3. The summed E-state index contributed by atoms with van der Waals surface area (Å²) in [6, 6.07) is 2.83. The number of nitrogens with zero attached hydrogens (tertiary/aromatic N) is 2. The van der Waals surface area contributed by atoms with E-state index in [0.29, 0.717) is 13.0 Å². The first-order chi connectivity index (χ1) is 7.20. The van der Waals surface area contributed by atoms with Crippen LogP contribution in [0.5, 0.6) is 0 Å². The third-order valence-corrected chi connectivity index (χ3v) is 2.05. The molecular weight excluding hydrogens is 195 g/mol. The molecule has 0 aliphatic rings. The summed E-state index contributed by atoms with van der Waals surface area (Å²) in [5.41, 5.74) is 0. The van der Waals surface area contributed by atoms with Gasteiger partial charge in [0.05, 0.1) is 0 Å². The van der Waals surface area contributed by atoms with E-state index in [2.05, 4.69) is 4.98 Å². The third-order valence-electron chi connectivity index (χ3n) is 2.05. The maximum absolute atomic E-state index is 13.4. The molecule has 0 N–H and O–H groups in total. The number of hydrogen-bond acceptors (Lipinski definition) is 2. The van der Waals surface area contributed by atoms with Crippen LogP contribution in [0.3, 0.4) is 0 Å². The van der Waals surface area contributed by atoms with Crippen LogP contribution in [0.2, 0.25) is 0 Å². The second-order valence-electron chi connectivity index (χ2n) is 3.21. The van der Waals surface area contributed by atoms with Gasteiger partial charge in [-0.25, -0.2) is 9.37 Å². The maximum atomic E-state index is 13.4. The summed E-state index contributed by atoms with van der Waals surface area (Å²) in [4.78, 5) is 16.9. The van der Waals surface area contributed by atoms with Crippen molar-refractivity contribution in [3.8, 4) is 0 Å². The summed E-state index contributed by atoms with van der Waals surface area (Å²) in [6.45, 7) is 4.20. The van der Waals surface area contributed by atoms with Crippen LogP contribution in [-0.4, -0.2) is 17.4 Å². The quantitative estimate of drug-likeness (QED) is 0.764. The van der Waals surface area contributed by atoms with Crippen LogP contribution in [0.1, 0.15) is 26.7 Å². The fourth-order valence-corrected chi connectivity index (χ4v) is 1.34. The van der Waals surface area contributed by atoms with Crippen molar-refractivity contribution in [1.82, 2.24) is 4.98 Å². The first-order valence-electron chi connectivity index (χ1n) is 5.11. The Balaban J connectivity index is 2.98. The summed E-state index contributed by atoms with van der Waals surface area (Å²) < 4.78 is 13.4. The highest BCUT2D eigenvalue weighted by atomic mass is 19.1. The van der Waals surface area contributed by atoms with E-state index in [0.717, 1.165) is 6.42 Å². The molecule has 0 atom stereocenters. The van der Waals surface area contributed by atoms with Gasteiger partial charge in [0.25, 0.3) is 0 Å². The Morgan fingerprint density at radius 1 is 1.53 bits per heavy atom. The molecule has 0 radical (unpaired) electrons. The van der Waals surface area contributed by atoms with Crippen LogP contribution >= 0.6 is 0 Å². The van der Waals surface area contributed by atoms with Crippen molar-refractivity contribution in [2.45, 2.75) is 26.7 Å². The van der Waals surface area contributed by atoms with Crippen molar-refractivity contribution in [2.24, 2.45) is 0 Å². The lowest BCUT2D eigenvalue weighted by Gasteiger charge is -2.20. The average molecular weight is 210 g/mol. The van der Waals surface area contributed by atoms with E-state index in [1.165, 1.54) is 23.2 Å². The molecule has 0 spiro atoms. The lowest BCUT2D eigenvalue weighted by Crippen LogP contribution is -2.32. The maximum Gasteiger partial charge on any atom is 0.227 e. The molecule has 0 saturated heterocycles. The van der Waals surface area contributed by atoms with Gasteiger partial charge in [-0.1, -0.05) is 13.8 Å². The van der Waals surface area contributed by atoms with E-state index in [1.807, 2.05) is 6.92 Å². The number of hydrogen-bond donors (Lipinski definition) is 0. The lowest BCUT2D eigenvalue weighted by molar-refractivity contribution is -0.118. The normalized spacial score (nSPS) is 10.1. The number of anilines is 1. The molecule has 0 aromatic carbocycles. The van der Waals surface area contributed by atoms with Gasteiger partial charge < -0.3 is 0 Å². The van der Waals surface area contributed by atoms with Gasteiger partial charge in [0.1, 0.15) is 0 Å². The molecule has 0 fully saturated rings. The number of aromatic nitrogens is 1. The summed E-state index contributed by atoms with van der Waals surface area (Å²) >= 11 is 0. The zero-order valence-corrected chi connectivity index (χ0v) is 9.03. The Labute approximate surface area is 88.9 Å². The van der Waals surface area contributed by atoms with Gasteiger partial charge >= 0.3 is 0 Å². The highest BCUT2D eigenvalue weighted by molar-refractivity contribution is 5.92. The van der Waals surface area contributed by atoms with E-state index in [4.69, 9.17) is 0 Å². The number of carbonyl (C=O) groups is 1. The van der Waals surface area contributed by atoms with Gasteiger partial charge in [0.15, 0.2) is 11.6 Å². The summed E-state index contributed by atoms with van der Waals surface area (Å²) in [6.07, 6.45) is 2.63. The first kappa shape index (κ1) is 11.6. The largest absolute Gasteiger partial charge is 0.294 e. The van der Waals surface area contributed by atoms with Crippen molar-refractivity contribution in [1.29, 1.82) is 0 Å². The van der Waals surface area contributed by atoms with Crippen molar-refractivity contribution >= 4 is 11.7 Å². The molecule has 0 aliphatic heterocycles. The Hall–Kier alpha value is -1.45. The molecule has 1 aromatic heterocycles. The second-order valence-corrected chi connectivity index (χ2v) is 3.21. The van der Waals surface area contributed by atoms with Gasteiger partial charge in [-0.2, -0.15) is 0 Å². The van der Waals surface area contributed by atoms with E-state index in [1.54, 1.807) is 6.92 Å². The molecule has 0 bridgehead atoms. The van der Waals surface area contributed by atoms with E-state index >= 15 is 0 Å². The molecule has 15 heavy (non-hydrogen) atoms. The zero-order valence-electron chi connectivity index (χ0n) is 9.03. The number of pyridine rings is 1. The zero-order chi connectivity index (χ0) is 11.3. The Bertz CT molecular complexity index is 341. The predicted octanol–water partition coefficient (Wildman–Crippen LogP) is 2.37. The highest BCUT2D eigenvalue weighted by Gasteiger charge is 2.17. The smallest absolute Gasteiger partial charge is 0.227 e. The summed E-state index contributed by atoms with van der Waals surface area (Å²) in [7, 11) is 0. The number of halogens is 1. The predicted molar refractivity (Wildman–Crippen MR) is 57.1 cm³/mol. The first-order valence-corrected chi connectivity index (χ1v) is 5.11. The Morgan fingerprint density at radius 2 is 2.27 bits per heavy atom.